The Labute approximate surface area is 110 Å². The van der Waals surface area contributed by atoms with Crippen LogP contribution in [0.2, 0.25) is 0 Å². The van der Waals surface area contributed by atoms with Gasteiger partial charge in [0.1, 0.15) is 0 Å². The van der Waals surface area contributed by atoms with Gasteiger partial charge in [-0.05, 0) is 25.5 Å². The van der Waals surface area contributed by atoms with Crippen LogP contribution in [-0.2, 0) is 10.0 Å². The minimum atomic E-state index is -3.24. The summed E-state index contributed by atoms with van der Waals surface area (Å²) in [5, 5.41) is 2.45. The molecule has 0 aliphatic heterocycles. The van der Waals surface area contributed by atoms with Crippen LogP contribution in [0.15, 0.2) is 30.3 Å². The van der Waals surface area contributed by atoms with Crippen LogP contribution in [0.4, 0.5) is 0 Å². The molecule has 1 rings (SSSR count). The van der Waals surface area contributed by atoms with Gasteiger partial charge in [-0.25, -0.2) is 13.1 Å². The largest absolute Gasteiger partial charge is 0.318 e. The van der Waals surface area contributed by atoms with Crippen molar-refractivity contribution in [3.05, 3.63) is 35.9 Å². The lowest BCUT2D eigenvalue weighted by Crippen LogP contribution is -2.39. The molecule has 0 radical (unpaired) electrons. The zero-order valence-corrected chi connectivity index (χ0v) is 12.0. The molecular weight excluding hydrogens is 248 g/mol. The fraction of sp³-hybridized carbons (Fsp3) is 0.538. The van der Waals surface area contributed by atoms with E-state index in [0.29, 0.717) is 13.1 Å². The molecule has 1 aromatic rings. The molecule has 0 aliphatic carbocycles. The maximum atomic E-state index is 11.9. The molecule has 18 heavy (non-hydrogen) atoms. The summed E-state index contributed by atoms with van der Waals surface area (Å²) in [7, 11) is -1.49. The molecule has 4 nitrogen and oxygen atoms in total. The predicted octanol–water partition coefficient (Wildman–Crippen LogP) is 1.32. The third kappa shape index (κ3) is 4.40. The number of rotatable bonds is 7. The predicted molar refractivity (Wildman–Crippen MR) is 75.2 cm³/mol. The molecule has 0 heterocycles. The van der Waals surface area contributed by atoms with Gasteiger partial charge >= 0.3 is 0 Å². The zero-order chi connectivity index (χ0) is 13.6. The molecule has 0 aromatic heterocycles. The molecule has 0 bridgehead atoms. The highest BCUT2D eigenvalue weighted by Gasteiger charge is 2.20. The molecule has 2 unspecified atom stereocenters. The molecule has 0 amide bonds. The summed E-state index contributed by atoms with van der Waals surface area (Å²) in [6.07, 6.45) is 0. The Kier molecular flexibility index (Phi) is 5.78. The Bertz CT molecular complexity index is 445. The van der Waals surface area contributed by atoms with Crippen LogP contribution in [0, 0.1) is 0 Å². The van der Waals surface area contributed by atoms with Gasteiger partial charge in [0, 0.05) is 13.1 Å². The number of benzene rings is 1. The maximum absolute atomic E-state index is 11.9. The summed E-state index contributed by atoms with van der Waals surface area (Å²) >= 11 is 0. The smallest absolute Gasteiger partial charge is 0.215 e. The Morgan fingerprint density at radius 2 is 1.72 bits per heavy atom. The highest BCUT2D eigenvalue weighted by atomic mass is 32.2. The summed E-state index contributed by atoms with van der Waals surface area (Å²) in [5.74, 6) is 0.169. The first-order valence-electron chi connectivity index (χ1n) is 6.15. The van der Waals surface area contributed by atoms with E-state index in [1.165, 1.54) is 0 Å². The van der Waals surface area contributed by atoms with Crippen LogP contribution in [0.1, 0.15) is 25.3 Å². The molecule has 0 saturated heterocycles. The van der Waals surface area contributed by atoms with E-state index >= 15 is 0 Å². The normalized spacial score (nSPS) is 15.3. The van der Waals surface area contributed by atoms with Crippen LogP contribution in [-0.4, -0.2) is 33.8 Å². The molecule has 2 atom stereocenters. The fourth-order valence-electron chi connectivity index (χ4n) is 1.68. The van der Waals surface area contributed by atoms with E-state index in [2.05, 4.69) is 10.0 Å². The van der Waals surface area contributed by atoms with Crippen LogP contribution in [0.3, 0.4) is 0 Å². The first-order chi connectivity index (χ1) is 8.47. The van der Waals surface area contributed by atoms with Gasteiger partial charge in [-0.3, -0.25) is 0 Å². The van der Waals surface area contributed by atoms with Gasteiger partial charge in [0.05, 0.1) is 5.25 Å². The van der Waals surface area contributed by atoms with Crippen molar-refractivity contribution < 1.29 is 8.42 Å². The zero-order valence-electron chi connectivity index (χ0n) is 11.2. The van der Waals surface area contributed by atoms with E-state index in [4.69, 9.17) is 0 Å². The molecule has 5 heteroatoms. The van der Waals surface area contributed by atoms with Crippen molar-refractivity contribution in [3.8, 4) is 0 Å². The SMILES string of the molecule is CNCC(C)S(=O)(=O)NCC(C)c1ccccc1. The average Bonchev–Trinajstić information content (AvgIpc) is 2.37. The van der Waals surface area contributed by atoms with Crippen molar-refractivity contribution in [2.45, 2.75) is 25.0 Å². The van der Waals surface area contributed by atoms with E-state index in [1.807, 2.05) is 37.3 Å². The average molecular weight is 270 g/mol. The topological polar surface area (TPSA) is 58.2 Å². The van der Waals surface area contributed by atoms with Crippen molar-refractivity contribution in [1.29, 1.82) is 0 Å². The Balaban J connectivity index is 2.55. The Morgan fingerprint density at radius 3 is 2.28 bits per heavy atom. The molecule has 2 N–H and O–H groups in total. The van der Waals surface area contributed by atoms with Gasteiger partial charge in [-0.1, -0.05) is 37.3 Å². The van der Waals surface area contributed by atoms with Gasteiger partial charge in [0.25, 0.3) is 0 Å². The van der Waals surface area contributed by atoms with Crippen molar-refractivity contribution in [3.63, 3.8) is 0 Å². The lowest BCUT2D eigenvalue weighted by molar-refractivity contribution is 0.558. The second kappa shape index (κ2) is 6.87. The first-order valence-corrected chi connectivity index (χ1v) is 7.70. The Hall–Kier alpha value is -0.910. The lowest BCUT2D eigenvalue weighted by Gasteiger charge is -2.17. The quantitative estimate of drug-likeness (QED) is 0.785. The van der Waals surface area contributed by atoms with Gasteiger partial charge < -0.3 is 5.32 Å². The summed E-state index contributed by atoms with van der Waals surface area (Å²) < 4.78 is 26.5. The van der Waals surface area contributed by atoms with Crippen LogP contribution in [0.5, 0.6) is 0 Å². The molecular formula is C13H22N2O2S. The lowest BCUT2D eigenvalue weighted by atomic mass is 10.0. The fourth-order valence-corrected chi connectivity index (χ4v) is 2.83. The Morgan fingerprint density at radius 1 is 1.11 bits per heavy atom. The summed E-state index contributed by atoms with van der Waals surface area (Å²) in [4.78, 5) is 0. The molecule has 102 valence electrons. The third-order valence-corrected chi connectivity index (χ3v) is 4.78. The van der Waals surface area contributed by atoms with Crippen LogP contribution < -0.4 is 10.0 Å². The highest BCUT2D eigenvalue weighted by Crippen LogP contribution is 2.13. The van der Waals surface area contributed by atoms with Gasteiger partial charge in [-0.15, -0.1) is 0 Å². The first kappa shape index (κ1) is 15.1. The molecule has 0 aliphatic rings. The summed E-state index contributed by atoms with van der Waals surface area (Å²) in [5.41, 5.74) is 1.14. The van der Waals surface area contributed by atoms with Gasteiger partial charge in [0.2, 0.25) is 10.0 Å². The number of hydrogen-bond acceptors (Lipinski definition) is 3. The van der Waals surface area contributed by atoms with E-state index in [-0.39, 0.29) is 5.92 Å². The second-order valence-electron chi connectivity index (χ2n) is 4.57. The van der Waals surface area contributed by atoms with Crippen molar-refractivity contribution >= 4 is 10.0 Å². The molecule has 0 spiro atoms. The van der Waals surface area contributed by atoms with Crippen LogP contribution in [0.25, 0.3) is 0 Å². The van der Waals surface area contributed by atoms with Crippen molar-refractivity contribution in [1.82, 2.24) is 10.0 Å². The van der Waals surface area contributed by atoms with Crippen LogP contribution >= 0.6 is 0 Å². The highest BCUT2D eigenvalue weighted by molar-refractivity contribution is 7.90. The molecule has 0 fully saturated rings. The van der Waals surface area contributed by atoms with E-state index in [1.54, 1.807) is 14.0 Å². The summed E-state index contributed by atoms with van der Waals surface area (Å²) in [6.45, 7) is 4.60. The second-order valence-corrected chi connectivity index (χ2v) is 6.76. The molecule has 1 aromatic carbocycles. The standard InChI is InChI=1S/C13H22N2O2S/c1-11(13-7-5-4-6-8-13)9-15-18(16,17)12(2)10-14-3/h4-8,11-12,14-15H,9-10H2,1-3H3. The number of sulfonamides is 1. The minimum Gasteiger partial charge on any atom is -0.318 e. The number of nitrogens with one attached hydrogen (secondary N) is 2. The third-order valence-electron chi connectivity index (χ3n) is 2.98. The van der Waals surface area contributed by atoms with E-state index < -0.39 is 15.3 Å². The van der Waals surface area contributed by atoms with Gasteiger partial charge in [0.15, 0.2) is 0 Å². The minimum absolute atomic E-state index is 0.169. The maximum Gasteiger partial charge on any atom is 0.215 e. The van der Waals surface area contributed by atoms with E-state index in [9.17, 15) is 8.42 Å². The van der Waals surface area contributed by atoms with E-state index in [0.717, 1.165) is 5.56 Å². The molecule has 0 saturated carbocycles. The monoisotopic (exact) mass is 270 g/mol. The van der Waals surface area contributed by atoms with Gasteiger partial charge in [-0.2, -0.15) is 0 Å². The van der Waals surface area contributed by atoms with Crippen molar-refractivity contribution in [2.75, 3.05) is 20.1 Å². The summed E-state index contributed by atoms with van der Waals surface area (Å²) in [6, 6.07) is 9.90. The van der Waals surface area contributed by atoms with Crippen molar-refractivity contribution in [2.24, 2.45) is 0 Å². The number of hydrogen-bond donors (Lipinski definition) is 2.